The predicted molar refractivity (Wildman–Crippen MR) is 76.9 cm³/mol. The average molecular weight is 332 g/mol. The molecule has 0 aliphatic carbocycles. The van der Waals surface area contributed by atoms with Crippen molar-refractivity contribution in [3.05, 3.63) is 17.7 Å². The summed E-state index contributed by atoms with van der Waals surface area (Å²) in [7, 11) is 6.31. The van der Waals surface area contributed by atoms with E-state index in [-0.39, 0.29) is 5.91 Å². The number of carbonyl (C=O) groups excluding carboxylic acids is 1. The summed E-state index contributed by atoms with van der Waals surface area (Å²) in [5, 5.41) is 0.722. The van der Waals surface area contributed by atoms with Gasteiger partial charge in [0.1, 0.15) is 0 Å². The Hall–Kier alpha value is -1.43. The fraction of sp³-hybridized carbons (Fsp3) is 0.462. The van der Waals surface area contributed by atoms with Crippen molar-refractivity contribution in [2.24, 2.45) is 0 Å². The Labute approximate surface area is 121 Å². The van der Waals surface area contributed by atoms with Gasteiger partial charge in [-0.05, 0) is 12.1 Å². The van der Waals surface area contributed by atoms with E-state index < -0.39 is 0 Å². The lowest BCUT2D eigenvalue weighted by Gasteiger charge is -2.18. The van der Waals surface area contributed by atoms with Gasteiger partial charge in [-0.2, -0.15) is 0 Å². The lowest BCUT2D eigenvalue weighted by molar-refractivity contribution is 0.0803. The van der Waals surface area contributed by atoms with Gasteiger partial charge in [-0.3, -0.25) is 4.79 Å². The van der Waals surface area contributed by atoms with Gasteiger partial charge in [0.25, 0.3) is 5.91 Å². The molecule has 0 aromatic heterocycles. The molecule has 1 rings (SSSR count). The summed E-state index contributed by atoms with van der Waals surface area (Å²) in [4.78, 5) is 13.8. The molecular formula is C13H18BrNO4. The third kappa shape index (κ3) is 3.53. The molecule has 6 heteroatoms. The van der Waals surface area contributed by atoms with Crippen molar-refractivity contribution in [3.63, 3.8) is 0 Å². The monoisotopic (exact) mass is 331 g/mol. The van der Waals surface area contributed by atoms with Crippen LogP contribution in [0.2, 0.25) is 0 Å². The van der Waals surface area contributed by atoms with Crippen LogP contribution < -0.4 is 14.2 Å². The Morgan fingerprint density at radius 2 is 1.68 bits per heavy atom. The minimum atomic E-state index is -0.0984. The maximum absolute atomic E-state index is 12.2. The summed E-state index contributed by atoms with van der Waals surface area (Å²) in [6, 6.07) is 3.29. The van der Waals surface area contributed by atoms with Crippen molar-refractivity contribution >= 4 is 21.8 Å². The zero-order valence-electron chi connectivity index (χ0n) is 11.5. The quantitative estimate of drug-likeness (QED) is 0.749. The third-order valence-electron chi connectivity index (χ3n) is 2.68. The van der Waals surface area contributed by atoms with Crippen molar-refractivity contribution in [3.8, 4) is 17.2 Å². The van der Waals surface area contributed by atoms with Crippen LogP contribution in [0.3, 0.4) is 0 Å². The van der Waals surface area contributed by atoms with Gasteiger partial charge in [-0.15, -0.1) is 0 Å². The van der Waals surface area contributed by atoms with Crippen molar-refractivity contribution in [2.45, 2.75) is 0 Å². The van der Waals surface area contributed by atoms with Gasteiger partial charge in [0.15, 0.2) is 11.5 Å². The molecule has 1 aromatic carbocycles. The highest BCUT2D eigenvalue weighted by atomic mass is 79.9. The Bertz CT molecular complexity index is 425. The van der Waals surface area contributed by atoms with Crippen LogP contribution in [-0.4, -0.2) is 51.1 Å². The maximum Gasteiger partial charge on any atom is 0.253 e. The third-order valence-corrected chi connectivity index (χ3v) is 3.03. The Balaban J connectivity index is 3.19. The second kappa shape index (κ2) is 7.23. The number of amides is 1. The topological polar surface area (TPSA) is 48.0 Å². The highest BCUT2D eigenvalue weighted by Crippen LogP contribution is 2.38. The molecule has 1 amide bonds. The van der Waals surface area contributed by atoms with E-state index in [0.717, 1.165) is 5.33 Å². The summed E-state index contributed by atoms with van der Waals surface area (Å²) in [6.07, 6.45) is 0. The van der Waals surface area contributed by atoms with Crippen molar-refractivity contribution in [2.75, 3.05) is 40.3 Å². The molecule has 0 heterocycles. The van der Waals surface area contributed by atoms with Gasteiger partial charge >= 0.3 is 0 Å². The van der Waals surface area contributed by atoms with Crippen LogP contribution in [0, 0.1) is 0 Å². The number of benzene rings is 1. The first kappa shape index (κ1) is 15.6. The summed E-state index contributed by atoms with van der Waals surface area (Å²) in [5.41, 5.74) is 0.498. The van der Waals surface area contributed by atoms with E-state index in [2.05, 4.69) is 15.9 Å². The van der Waals surface area contributed by atoms with E-state index in [1.807, 2.05) is 0 Å². The number of rotatable bonds is 6. The summed E-state index contributed by atoms with van der Waals surface area (Å²) < 4.78 is 15.7. The summed E-state index contributed by atoms with van der Waals surface area (Å²) in [5.74, 6) is 1.32. The van der Waals surface area contributed by atoms with Crippen LogP contribution in [0.4, 0.5) is 0 Å². The Morgan fingerprint density at radius 1 is 1.16 bits per heavy atom. The molecular weight excluding hydrogens is 314 g/mol. The number of halogens is 1. The number of methoxy groups -OCH3 is 3. The van der Waals surface area contributed by atoms with Gasteiger partial charge < -0.3 is 19.1 Å². The first-order valence-corrected chi connectivity index (χ1v) is 6.82. The normalized spacial score (nSPS) is 9.95. The first-order chi connectivity index (χ1) is 9.08. The molecule has 0 N–H and O–H groups in total. The van der Waals surface area contributed by atoms with Crippen molar-refractivity contribution < 1.29 is 19.0 Å². The zero-order valence-corrected chi connectivity index (χ0v) is 13.1. The standard InChI is InChI=1S/C13H18BrNO4/c1-15(6-5-14)13(16)9-7-10(17-2)12(19-4)11(8-9)18-3/h7-8H,5-6H2,1-4H3. The largest absolute Gasteiger partial charge is 0.493 e. The number of ether oxygens (including phenoxy) is 3. The first-order valence-electron chi connectivity index (χ1n) is 5.70. The summed E-state index contributed by atoms with van der Waals surface area (Å²) in [6.45, 7) is 0.621. The van der Waals surface area contributed by atoms with Gasteiger partial charge in [0, 0.05) is 24.5 Å². The van der Waals surface area contributed by atoms with Crippen LogP contribution in [-0.2, 0) is 0 Å². The molecule has 0 saturated heterocycles. The van der Waals surface area contributed by atoms with E-state index >= 15 is 0 Å². The number of carbonyl (C=O) groups is 1. The highest BCUT2D eigenvalue weighted by molar-refractivity contribution is 9.09. The van der Waals surface area contributed by atoms with Crippen LogP contribution in [0.1, 0.15) is 10.4 Å². The molecule has 0 fully saturated rings. The van der Waals surface area contributed by atoms with E-state index in [1.165, 1.54) is 21.3 Å². The molecule has 1 aromatic rings. The minimum absolute atomic E-state index is 0.0984. The van der Waals surface area contributed by atoms with Crippen molar-refractivity contribution in [1.29, 1.82) is 0 Å². The number of hydrogen-bond acceptors (Lipinski definition) is 4. The smallest absolute Gasteiger partial charge is 0.253 e. The zero-order chi connectivity index (χ0) is 14.4. The fourth-order valence-electron chi connectivity index (χ4n) is 1.65. The Kier molecular flexibility index (Phi) is 5.95. The van der Waals surface area contributed by atoms with E-state index in [1.54, 1.807) is 24.1 Å². The van der Waals surface area contributed by atoms with Gasteiger partial charge in [-0.25, -0.2) is 0 Å². The molecule has 0 saturated carbocycles. The molecule has 0 unspecified atom stereocenters. The average Bonchev–Trinajstić information content (AvgIpc) is 2.44. The number of nitrogens with zero attached hydrogens (tertiary/aromatic N) is 1. The number of alkyl halides is 1. The van der Waals surface area contributed by atoms with Crippen LogP contribution in [0.15, 0.2) is 12.1 Å². The Morgan fingerprint density at radius 3 is 2.05 bits per heavy atom. The molecule has 0 bridgehead atoms. The van der Waals surface area contributed by atoms with Crippen LogP contribution >= 0.6 is 15.9 Å². The lowest BCUT2D eigenvalue weighted by Crippen LogP contribution is -2.28. The second-order valence-electron chi connectivity index (χ2n) is 3.83. The van der Waals surface area contributed by atoms with Gasteiger partial charge in [0.2, 0.25) is 5.75 Å². The molecule has 0 spiro atoms. The fourth-order valence-corrected chi connectivity index (χ4v) is 2.19. The summed E-state index contributed by atoms with van der Waals surface area (Å²) >= 11 is 3.31. The number of hydrogen-bond donors (Lipinski definition) is 0. The highest BCUT2D eigenvalue weighted by Gasteiger charge is 2.18. The molecule has 19 heavy (non-hydrogen) atoms. The maximum atomic E-state index is 12.2. The predicted octanol–water partition coefficient (Wildman–Crippen LogP) is 2.18. The van der Waals surface area contributed by atoms with Crippen molar-refractivity contribution in [1.82, 2.24) is 4.90 Å². The van der Waals surface area contributed by atoms with Gasteiger partial charge in [-0.1, -0.05) is 15.9 Å². The second-order valence-corrected chi connectivity index (χ2v) is 4.62. The van der Waals surface area contributed by atoms with E-state index in [9.17, 15) is 4.79 Å². The molecule has 0 aliphatic heterocycles. The van der Waals surface area contributed by atoms with E-state index in [4.69, 9.17) is 14.2 Å². The van der Waals surface area contributed by atoms with Crippen LogP contribution in [0.5, 0.6) is 17.2 Å². The molecule has 106 valence electrons. The van der Waals surface area contributed by atoms with Crippen LogP contribution in [0.25, 0.3) is 0 Å². The minimum Gasteiger partial charge on any atom is -0.493 e. The van der Waals surface area contributed by atoms with E-state index in [0.29, 0.717) is 29.4 Å². The molecule has 0 aliphatic rings. The van der Waals surface area contributed by atoms with Gasteiger partial charge in [0.05, 0.1) is 21.3 Å². The molecule has 5 nitrogen and oxygen atoms in total. The molecule has 0 radical (unpaired) electrons. The molecule has 0 atom stereocenters. The SMILES string of the molecule is COc1cc(C(=O)N(C)CCBr)cc(OC)c1OC. The lowest BCUT2D eigenvalue weighted by atomic mass is 10.1.